The van der Waals surface area contributed by atoms with Gasteiger partial charge in [-0.1, -0.05) is 35.5 Å². The summed E-state index contributed by atoms with van der Waals surface area (Å²) in [5, 5.41) is 7.44. The van der Waals surface area contributed by atoms with Crippen LogP contribution in [0.2, 0.25) is 0 Å². The van der Waals surface area contributed by atoms with Crippen LogP contribution < -0.4 is 5.32 Å². The second-order valence-electron chi connectivity index (χ2n) is 6.02. The topological polar surface area (TPSA) is 51.0 Å². The summed E-state index contributed by atoms with van der Waals surface area (Å²) in [6, 6.07) is 10.4. The Morgan fingerprint density at radius 3 is 2.50 bits per heavy atom. The van der Waals surface area contributed by atoms with E-state index < -0.39 is 0 Å². The minimum Gasteiger partial charge on any atom is -0.339 e. The molecule has 4 heteroatoms. The van der Waals surface area contributed by atoms with Crippen LogP contribution in [0.25, 0.3) is 0 Å². The maximum Gasteiger partial charge on any atom is 0.227 e. The second-order valence-corrected chi connectivity index (χ2v) is 6.02. The van der Waals surface area contributed by atoms with E-state index in [-0.39, 0.29) is 5.54 Å². The molecule has 0 unspecified atom stereocenters. The Kier molecular flexibility index (Phi) is 4.90. The second kappa shape index (κ2) is 6.66. The largest absolute Gasteiger partial charge is 0.339 e. The van der Waals surface area contributed by atoms with E-state index in [0.717, 1.165) is 31.6 Å². The van der Waals surface area contributed by atoms with Gasteiger partial charge in [0.05, 0.1) is 0 Å². The van der Waals surface area contributed by atoms with Gasteiger partial charge in [0.1, 0.15) is 0 Å². The van der Waals surface area contributed by atoms with Crippen molar-refractivity contribution in [2.75, 3.05) is 6.54 Å². The van der Waals surface area contributed by atoms with E-state index in [1.165, 1.54) is 5.56 Å². The lowest BCUT2D eigenvalue weighted by atomic mass is 10.1. The summed E-state index contributed by atoms with van der Waals surface area (Å²) in [6.45, 7) is 7.29. The van der Waals surface area contributed by atoms with Crippen LogP contribution in [0.4, 0.5) is 0 Å². The molecule has 1 aromatic heterocycles. The first kappa shape index (κ1) is 14.7. The molecule has 0 fully saturated rings. The van der Waals surface area contributed by atoms with Crippen LogP contribution in [0.1, 0.15) is 38.0 Å². The lowest BCUT2D eigenvalue weighted by Crippen LogP contribution is -2.37. The zero-order valence-electron chi connectivity index (χ0n) is 12.5. The average Bonchev–Trinajstić information content (AvgIpc) is 2.84. The molecule has 0 bridgehead atoms. The Hall–Kier alpha value is -1.68. The molecule has 4 nitrogen and oxygen atoms in total. The van der Waals surface area contributed by atoms with Crippen LogP contribution in [-0.4, -0.2) is 22.2 Å². The molecule has 1 N–H and O–H groups in total. The van der Waals surface area contributed by atoms with Crippen LogP contribution in [0, 0.1) is 0 Å². The van der Waals surface area contributed by atoms with E-state index in [1.54, 1.807) is 0 Å². The smallest absolute Gasteiger partial charge is 0.227 e. The van der Waals surface area contributed by atoms with Crippen molar-refractivity contribution in [1.82, 2.24) is 15.5 Å². The Labute approximate surface area is 120 Å². The highest BCUT2D eigenvalue weighted by molar-refractivity contribution is 5.15. The molecule has 0 radical (unpaired) electrons. The third-order valence-corrected chi connectivity index (χ3v) is 2.98. The fourth-order valence-corrected chi connectivity index (χ4v) is 1.94. The van der Waals surface area contributed by atoms with Gasteiger partial charge in [0.25, 0.3) is 0 Å². The van der Waals surface area contributed by atoms with Gasteiger partial charge in [-0.25, -0.2) is 0 Å². The number of rotatable bonds is 6. The summed E-state index contributed by atoms with van der Waals surface area (Å²) in [4.78, 5) is 4.43. The highest BCUT2D eigenvalue weighted by Crippen LogP contribution is 2.06. The summed E-state index contributed by atoms with van der Waals surface area (Å²) in [7, 11) is 0. The lowest BCUT2D eigenvalue weighted by Gasteiger charge is -2.19. The van der Waals surface area contributed by atoms with Gasteiger partial charge in [-0.05, 0) is 32.8 Å². The predicted molar refractivity (Wildman–Crippen MR) is 79.6 cm³/mol. The van der Waals surface area contributed by atoms with Gasteiger partial charge in [-0.2, -0.15) is 4.98 Å². The molecule has 2 aromatic rings. The predicted octanol–water partition coefficient (Wildman–Crippen LogP) is 2.79. The fraction of sp³-hybridized carbons (Fsp3) is 0.500. The van der Waals surface area contributed by atoms with E-state index >= 15 is 0 Å². The molecular formula is C16H23N3O. The van der Waals surface area contributed by atoms with Gasteiger partial charge in [0.15, 0.2) is 5.82 Å². The van der Waals surface area contributed by atoms with Crippen LogP contribution in [0.15, 0.2) is 34.9 Å². The van der Waals surface area contributed by atoms with Crippen LogP contribution in [0.5, 0.6) is 0 Å². The SMILES string of the molecule is CC(C)(C)NCCc1nc(CCc2ccccc2)no1. The summed E-state index contributed by atoms with van der Waals surface area (Å²) >= 11 is 0. The lowest BCUT2D eigenvalue weighted by molar-refractivity contribution is 0.358. The van der Waals surface area contributed by atoms with E-state index in [1.807, 2.05) is 6.07 Å². The molecule has 0 aliphatic rings. The van der Waals surface area contributed by atoms with E-state index in [4.69, 9.17) is 4.52 Å². The van der Waals surface area contributed by atoms with Gasteiger partial charge in [0, 0.05) is 24.9 Å². The van der Waals surface area contributed by atoms with Crippen molar-refractivity contribution in [2.45, 2.75) is 45.6 Å². The summed E-state index contributed by atoms with van der Waals surface area (Å²) in [6.07, 6.45) is 2.54. The third-order valence-electron chi connectivity index (χ3n) is 2.98. The standard InChI is InChI=1S/C16H23N3O/c1-16(2,3)17-12-11-15-18-14(19-20-15)10-9-13-7-5-4-6-8-13/h4-8,17H,9-12H2,1-3H3. The molecule has 0 aliphatic heterocycles. The average molecular weight is 273 g/mol. The van der Waals surface area contributed by atoms with E-state index in [2.05, 4.69) is 60.5 Å². The molecule has 1 heterocycles. The number of benzene rings is 1. The Bertz CT molecular complexity index is 514. The Morgan fingerprint density at radius 2 is 1.80 bits per heavy atom. The maximum absolute atomic E-state index is 5.27. The highest BCUT2D eigenvalue weighted by atomic mass is 16.5. The first-order valence-corrected chi connectivity index (χ1v) is 7.13. The van der Waals surface area contributed by atoms with Crippen LogP contribution in [0.3, 0.4) is 0 Å². The van der Waals surface area contributed by atoms with Gasteiger partial charge in [-0.15, -0.1) is 0 Å². The summed E-state index contributed by atoms with van der Waals surface area (Å²) in [5.74, 6) is 1.50. The summed E-state index contributed by atoms with van der Waals surface area (Å²) < 4.78 is 5.27. The van der Waals surface area contributed by atoms with Gasteiger partial charge < -0.3 is 9.84 Å². The molecule has 0 spiro atoms. The third kappa shape index (κ3) is 5.13. The molecule has 108 valence electrons. The quantitative estimate of drug-likeness (QED) is 0.879. The molecule has 1 aromatic carbocycles. The van der Waals surface area contributed by atoms with Gasteiger partial charge in [0.2, 0.25) is 5.89 Å². The maximum atomic E-state index is 5.27. The minimum absolute atomic E-state index is 0.121. The zero-order valence-corrected chi connectivity index (χ0v) is 12.5. The molecule has 2 rings (SSSR count). The summed E-state index contributed by atoms with van der Waals surface area (Å²) in [5.41, 5.74) is 1.42. The molecule has 0 saturated carbocycles. The van der Waals surface area contributed by atoms with Crippen molar-refractivity contribution in [3.63, 3.8) is 0 Å². The van der Waals surface area contributed by atoms with Crippen molar-refractivity contribution < 1.29 is 4.52 Å². The Morgan fingerprint density at radius 1 is 1.05 bits per heavy atom. The zero-order chi connectivity index (χ0) is 14.4. The number of hydrogen-bond donors (Lipinski definition) is 1. The molecular weight excluding hydrogens is 250 g/mol. The first-order chi connectivity index (χ1) is 9.53. The molecule has 20 heavy (non-hydrogen) atoms. The van der Waals surface area contributed by atoms with Gasteiger partial charge >= 0.3 is 0 Å². The van der Waals surface area contributed by atoms with E-state index in [9.17, 15) is 0 Å². The van der Waals surface area contributed by atoms with Crippen LogP contribution in [-0.2, 0) is 19.3 Å². The number of aryl methyl sites for hydroxylation is 2. The van der Waals surface area contributed by atoms with Crippen molar-refractivity contribution in [3.05, 3.63) is 47.6 Å². The van der Waals surface area contributed by atoms with Crippen molar-refractivity contribution >= 4 is 0 Å². The van der Waals surface area contributed by atoms with Crippen molar-refractivity contribution in [2.24, 2.45) is 0 Å². The number of nitrogens with one attached hydrogen (secondary N) is 1. The molecule has 0 aliphatic carbocycles. The van der Waals surface area contributed by atoms with Gasteiger partial charge in [-0.3, -0.25) is 0 Å². The number of nitrogens with zero attached hydrogens (tertiary/aromatic N) is 2. The molecule has 0 saturated heterocycles. The van der Waals surface area contributed by atoms with E-state index in [0.29, 0.717) is 5.89 Å². The fourth-order valence-electron chi connectivity index (χ4n) is 1.94. The van der Waals surface area contributed by atoms with Crippen molar-refractivity contribution in [3.8, 4) is 0 Å². The minimum atomic E-state index is 0.121. The molecule has 0 atom stereocenters. The molecule has 0 amide bonds. The van der Waals surface area contributed by atoms with Crippen LogP contribution >= 0.6 is 0 Å². The number of aromatic nitrogens is 2. The highest BCUT2D eigenvalue weighted by Gasteiger charge is 2.10. The van der Waals surface area contributed by atoms with Crippen molar-refractivity contribution in [1.29, 1.82) is 0 Å². The monoisotopic (exact) mass is 273 g/mol. The normalized spacial score (nSPS) is 11.8. The first-order valence-electron chi connectivity index (χ1n) is 7.13. The number of hydrogen-bond acceptors (Lipinski definition) is 4. The Balaban J connectivity index is 1.77.